The number of hydrogen-bond acceptors (Lipinski definition) is 18. The van der Waals surface area contributed by atoms with Gasteiger partial charge in [0.2, 0.25) is 0 Å². The van der Waals surface area contributed by atoms with Crippen LogP contribution in [-0.2, 0) is 100 Å². The number of phenols is 3. The summed E-state index contributed by atoms with van der Waals surface area (Å²) < 4.78 is 43.3. The van der Waals surface area contributed by atoms with E-state index in [1.54, 1.807) is 18.2 Å². The summed E-state index contributed by atoms with van der Waals surface area (Å²) in [4.78, 5) is 25.4. The summed E-state index contributed by atoms with van der Waals surface area (Å²) in [7, 11) is 25.1. The molecule has 25 atom stereocenters. The molecule has 6 aromatic carbocycles. The van der Waals surface area contributed by atoms with Gasteiger partial charge in [0.25, 0.3) is 0 Å². The molecule has 31 rings (SSSR count). The number of aromatic hydroxyl groups is 3. The molecule has 24 heteroatoms. The summed E-state index contributed by atoms with van der Waals surface area (Å²) in [6.07, 6.45) is 21.9. The Labute approximate surface area is 835 Å². The molecule has 0 aromatic heterocycles. The molecule has 12 aliphatic heterocycles. The number of piperidine rings is 6. The first kappa shape index (κ1) is 93.1. The number of aliphatic hydroxyl groups is 7. The Morgan fingerprint density at radius 3 is 1.25 bits per heavy atom. The molecule has 13 aliphatic carbocycles. The van der Waals surface area contributed by atoms with Crippen molar-refractivity contribution in [1.82, 2.24) is 0 Å². The molecular weight excluding hydrogens is 1790 g/mol. The number of nitrogens with zero attached hydrogens (tertiary/aromatic N) is 6. The van der Waals surface area contributed by atoms with E-state index >= 15 is 0 Å². The van der Waals surface area contributed by atoms with Crippen molar-refractivity contribution in [2.75, 3.05) is 123 Å². The molecule has 18 unspecified atom stereocenters. The van der Waals surface area contributed by atoms with Crippen LogP contribution in [0.15, 0.2) is 121 Å². The fraction of sp³-hybridized carbons (Fsp3) is 0.610. The van der Waals surface area contributed by atoms with Gasteiger partial charge in [-0.1, -0.05) is 68.8 Å². The molecule has 7 saturated carbocycles. The van der Waals surface area contributed by atoms with Crippen LogP contribution >= 0.6 is 0 Å². The number of rotatable bonds is 5. The van der Waals surface area contributed by atoms with Crippen LogP contribution in [0.25, 0.3) is 0 Å². The number of phenolic OH excluding ortho intramolecular Hbond substituents is 3. The van der Waals surface area contributed by atoms with E-state index in [0.717, 1.165) is 260 Å². The Morgan fingerprint density at radius 1 is 0.324 bits per heavy atom. The molecule has 0 radical (unpaired) electrons. The largest absolute Gasteiger partial charge is 0.508 e. The Morgan fingerprint density at radius 2 is 0.704 bits per heavy atom. The quantitative estimate of drug-likeness (QED) is 0.0567. The number of carbonyl (C=O) groups is 2. The highest BCUT2D eigenvalue weighted by Gasteiger charge is 2.82. The fourth-order valence-electron chi connectivity index (χ4n) is 37.8. The molecule has 6 spiro atoms. The van der Waals surface area contributed by atoms with Crippen molar-refractivity contribution in [2.45, 2.75) is 315 Å². The van der Waals surface area contributed by atoms with Crippen molar-refractivity contribution in [1.29, 1.82) is 0 Å². The van der Waals surface area contributed by atoms with Gasteiger partial charge >= 0.3 is 0 Å². The molecule has 6 saturated heterocycles. The normalized spacial score (nSPS) is 41.5. The van der Waals surface area contributed by atoms with Gasteiger partial charge in [0.15, 0.2) is 46.8 Å². The van der Waals surface area contributed by atoms with Crippen LogP contribution in [0.1, 0.15) is 212 Å². The average molecular weight is 1940 g/mol. The number of likely N-dealkylation sites (tertiary alicyclic amines) is 6. The minimum absolute atomic E-state index is 0.0186. The third kappa shape index (κ3) is 11.3. The van der Waals surface area contributed by atoms with Gasteiger partial charge in [-0.05, 0) is 163 Å². The van der Waals surface area contributed by atoms with Crippen molar-refractivity contribution in [3.05, 3.63) is 205 Å². The van der Waals surface area contributed by atoms with Gasteiger partial charge in [0.05, 0.1) is 188 Å². The van der Waals surface area contributed by atoms with Crippen molar-refractivity contribution < 1.29 is 116 Å². The Bertz CT molecular complexity index is 6550. The molecule has 6 aromatic rings. The maximum atomic E-state index is 12.7. The highest BCUT2D eigenvalue weighted by atomic mass is 16.5. The highest BCUT2D eigenvalue weighted by molar-refractivity contribution is 5.90. The third-order valence-corrected chi connectivity index (χ3v) is 44.8. The van der Waals surface area contributed by atoms with E-state index in [0.29, 0.717) is 72.6 Å². The lowest BCUT2D eigenvalue weighted by Gasteiger charge is -2.65. The Balaban J connectivity index is 0.0000000873. The van der Waals surface area contributed by atoms with Crippen molar-refractivity contribution in [3.63, 3.8) is 0 Å². The maximum absolute atomic E-state index is 12.7. The van der Waals surface area contributed by atoms with Crippen LogP contribution in [0.4, 0.5) is 0 Å². The minimum Gasteiger partial charge on any atom is -0.508 e. The van der Waals surface area contributed by atoms with Gasteiger partial charge in [0.1, 0.15) is 99.7 Å². The van der Waals surface area contributed by atoms with E-state index in [-0.39, 0.29) is 108 Å². The number of ketones is 2. The highest BCUT2D eigenvalue weighted by Crippen LogP contribution is 2.74. The summed E-state index contributed by atoms with van der Waals surface area (Å²) in [6.45, 7) is 24.7. The van der Waals surface area contributed by atoms with Crippen LogP contribution in [0.3, 0.4) is 0 Å². The molecule has 12 heterocycles. The molecular formula is C118H150N6O18+6. The second kappa shape index (κ2) is 29.9. The first-order chi connectivity index (χ1) is 67.3. The number of Topliss-reactive ketones (excluding diaryl/α,β-unsaturated/α-hetero) is 2. The second-order valence-corrected chi connectivity index (χ2v) is 52.3. The van der Waals surface area contributed by atoms with E-state index < -0.39 is 50.2 Å². The Hall–Kier alpha value is -8.70. The lowest BCUT2D eigenvalue weighted by atomic mass is 9.48. The molecule has 142 heavy (non-hydrogen) atoms. The maximum Gasteiger partial charge on any atom is 0.174 e. The molecule has 12 bridgehead atoms. The number of hydrogen-bond donors (Lipinski definition) is 10. The van der Waals surface area contributed by atoms with Crippen molar-refractivity contribution in [2.24, 2.45) is 17.8 Å². The zero-order valence-electron chi connectivity index (χ0n) is 85.3. The van der Waals surface area contributed by atoms with Crippen LogP contribution in [0.5, 0.6) is 51.7 Å². The third-order valence-electron chi connectivity index (χ3n) is 44.8. The zero-order valence-corrected chi connectivity index (χ0v) is 85.3. The first-order valence-electron chi connectivity index (χ1n) is 53.8. The Kier molecular flexibility index (Phi) is 19.6. The molecule has 13 fully saturated rings. The summed E-state index contributed by atoms with van der Waals surface area (Å²) >= 11 is 0. The second-order valence-electron chi connectivity index (χ2n) is 52.3. The zero-order chi connectivity index (χ0) is 99.2. The molecule has 10 N–H and O–H groups in total. The fourth-order valence-corrected chi connectivity index (χ4v) is 37.8. The number of likely N-dealkylation sites (N-methyl/N-ethyl adjacent to an activating group) is 6. The molecule has 754 valence electrons. The molecule has 0 amide bonds. The number of benzene rings is 6. The van der Waals surface area contributed by atoms with Crippen molar-refractivity contribution in [3.8, 4) is 51.7 Å². The van der Waals surface area contributed by atoms with Gasteiger partial charge in [-0.25, -0.2) is 0 Å². The van der Waals surface area contributed by atoms with E-state index in [9.17, 15) is 60.7 Å². The van der Waals surface area contributed by atoms with Gasteiger partial charge < -0.3 is 106 Å². The van der Waals surface area contributed by atoms with Crippen LogP contribution in [0, 0.1) is 17.8 Å². The van der Waals surface area contributed by atoms with E-state index in [1.807, 2.05) is 24.3 Å². The topological polar surface area (TPSA) is 292 Å². The summed E-state index contributed by atoms with van der Waals surface area (Å²) in [5.74, 6) is 7.78. The standard InChI is InChI=1S/C22H27NO3.C20H26NO2.C19H24NO4.2C19H23NO3.C19H24NO3/c1-13-7-8-22(25)17-11-15-5-6-16(24)19-18(15)21(22,20(13)26-19)9-10-23(17,2)12-14-3-4-14;1-12-4-6-15-16-10-14-13(11-22)5-7-17-18(14)20(15,19(12)23-17)8-9-21(16,2)3;1-20(2)8-7-18-15-11-3-4-12(10-21)16(15)24-17(18)13(22)5-6-19(18,23)14(20)9-11;1-11-6-7-19(22)15-10-12-13(21)4-5-14-16(12)18(19,17(11)23-14)8-9-20(15,2)3;1-11-6-7-19(22)14-10-12-4-5-13(21)16-15(12)18(19,17(11)23-16)8-9-20(14,2)3;1-20(2)8-7-19-13-5-6-15(22)18(19)23-17-12(10-21)4-3-11(16(17)19)9-14(13)20/h5-6,14,17,20,25H,1,3-4,7-12H2,2H3;5,7,15-16,19,22H,1,4,6,8-11H2,2-3H3;3-4,14,17,21,23H,5-10H2,1-2H3;4-5,15,17,22H,1,6-10H2,2-3H3;4-5,14,17,22H,1,6-10H2,2-3H3;3-4,13-14,18,21H,5-10H2,1-2H3/q;2*+1;;;+1/p+3/t17?,20?,21-,22?,23+;15?,16?,19?,20-;14?,17?,18-,19?;15?,17?,18-,19?;14?,17?,18-,19?;13?,14?,18?,19-/m101011/s1. The first-order valence-corrected chi connectivity index (χ1v) is 53.8. The molecule has 24 nitrogen and oxygen atoms in total. The smallest absolute Gasteiger partial charge is 0.174 e. The van der Waals surface area contributed by atoms with Crippen LogP contribution < -0.4 is 28.4 Å². The monoisotopic (exact) mass is 1940 g/mol. The van der Waals surface area contributed by atoms with E-state index in [1.165, 1.54) is 83.3 Å². The predicted octanol–water partition coefficient (Wildman–Crippen LogP) is 11.2. The predicted molar refractivity (Wildman–Crippen MR) is 533 cm³/mol. The van der Waals surface area contributed by atoms with Gasteiger partial charge in [-0.15, -0.1) is 0 Å². The van der Waals surface area contributed by atoms with E-state index in [2.05, 4.69) is 134 Å². The number of aliphatic hydroxyl groups excluding tert-OH is 3. The lowest BCUT2D eigenvalue weighted by Crippen LogP contribution is -2.80. The summed E-state index contributed by atoms with van der Waals surface area (Å²) in [5.41, 5.74) is 16.4. The molecule has 25 aliphatic rings. The number of quaternary nitrogens is 6. The van der Waals surface area contributed by atoms with Gasteiger partial charge in [-0.2, -0.15) is 0 Å². The number of carbonyl (C=O) groups excluding carboxylic acids is 2. The van der Waals surface area contributed by atoms with Gasteiger partial charge in [0, 0.05) is 158 Å². The van der Waals surface area contributed by atoms with Gasteiger partial charge in [-0.3, -0.25) is 9.59 Å². The minimum atomic E-state index is -0.917. The summed E-state index contributed by atoms with van der Waals surface area (Å²) in [6, 6.07) is 25.2. The number of ether oxygens (including phenoxy) is 6. The van der Waals surface area contributed by atoms with Crippen molar-refractivity contribution >= 4 is 11.6 Å². The lowest BCUT2D eigenvalue weighted by molar-refractivity contribution is -0.950. The van der Waals surface area contributed by atoms with Crippen LogP contribution in [0.2, 0.25) is 0 Å². The SMILES string of the molecule is C=C1CCC2(O)C3Cc4c(O)ccc5c4[C@@]2(CC[N+]3(C)C)C1O5.C=C1CCC2(O)C3Cc4ccc(O)c5c4[C@]2(CC[N+]3(C)C)C1O5.C=C1CCC2(O)C3Cc4ccc(O)c5c4[C@]2(CC[N@@+]3(C)CC2CC2)C1O5.C=C1CCC2C3Cc4c(CO)ccc5c4[C@@]2(CC[N+]3(C)C)C1O5.C[N+]1(C)CC[C@@]23c4c5ccc(CO)c4OC2C(=O)CCC3(O)C1C5.C[N+]1(C)CC[C@@]23c4c5ccc(CO)c4OC2C(=O)CCC3C1C5. The summed E-state index contributed by atoms with van der Waals surface area (Å²) in [5, 5.41) is 109. The van der Waals surface area contributed by atoms with Crippen LogP contribution in [-0.4, -0.2) is 308 Å². The average Bonchev–Trinajstić information content (AvgIpc) is 1.46. The van der Waals surface area contributed by atoms with E-state index in [4.69, 9.17) is 28.4 Å².